The van der Waals surface area contributed by atoms with Crippen LogP contribution >= 0.6 is 12.4 Å². The third-order valence-corrected chi connectivity index (χ3v) is 2.13. The minimum atomic E-state index is -0.670. The van der Waals surface area contributed by atoms with E-state index in [-0.39, 0.29) is 24.0 Å². The number of nitrogen functional groups attached to an aromatic ring is 1. The van der Waals surface area contributed by atoms with Crippen LogP contribution < -0.4 is 5.73 Å². The zero-order valence-electron chi connectivity index (χ0n) is 6.89. The summed E-state index contributed by atoms with van der Waals surface area (Å²) in [5, 5.41) is 0. The number of anilines is 1. The molecule has 0 bridgehead atoms. The van der Waals surface area contributed by atoms with Gasteiger partial charge >= 0.3 is 0 Å². The van der Waals surface area contributed by atoms with Crippen molar-refractivity contribution in [1.82, 2.24) is 0 Å². The Bertz CT molecular complexity index is 324. The van der Waals surface area contributed by atoms with Crippen molar-refractivity contribution >= 4 is 18.1 Å². The van der Waals surface area contributed by atoms with Crippen molar-refractivity contribution in [2.24, 2.45) is 0 Å². The summed E-state index contributed by atoms with van der Waals surface area (Å²) >= 11 is 0. The van der Waals surface area contributed by atoms with E-state index in [2.05, 4.69) is 0 Å². The van der Waals surface area contributed by atoms with Gasteiger partial charge in [0.1, 0.15) is 11.6 Å². The summed E-state index contributed by atoms with van der Waals surface area (Å²) in [6, 6.07) is 2.27. The number of rotatable bonds is 1. The third-order valence-electron chi connectivity index (χ3n) is 2.13. The molecule has 2 N–H and O–H groups in total. The fourth-order valence-corrected chi connectivity index (χ4v) is 1.29. The van der Waals surface area contributed by atoms with Crippen LogP contribution in [-0.4, -0.2) is 0 Å². The first-order valence-electron chi connectivity index (χ1n) is 3.93. The van der Waals surface area contributed by atoms with Gasteiger partial charge in [-0.15, -0.1) is 12.4 Å². The third kappa shape index (κ3) is 1.91. The molecule has 0 unspecified atom stereocenters. The highest BCUT2D eigenvalue weighted by atomic mass is 35.5. The molecule has 1 aliphatic rings. The maximum absolute atomic E-state index is 13.0. The second-order valence-corrected chi connectivity index (χ2v) is 3.17. The van der Waals surface area contributed by atoms with Gasteiger partial charge in [0.15, 0.2) is 0 Å². The van der Waals surface area contributed by atoms with Gasteiger partial charge in [0, 0.05) is 6.07 Å². The van der Waals surface area contributed by atoms with Crippen molar-refractivity contribution in [3.63, 3.8) is 0 Å². The molecule has 0 atom stereocenters. The van der Waals surface area contributed by atoms with Crippen molar-refractivity contribution in [1.29, 1.82) is 0 Å². The van der Waals surface area contributed by atoms with E-state index in [0.29, 0.717) is 5.56 Å². The summed E-state index contributed by atoms with van der Waals surface area (Å²) in [4.78, 5) is 0. The Hall–Kier alpha value is -0.830. The van der Waals surface area contributed by atoms with Gasteiger partial charge in [0.2, 0.25) is 0 Å². The Balaban J connectivity index is 0.000000845. The average molecular weight is 206 g/mol. The fraction of sp³-hybridized carbons (Fsp3) is 0.333. The van der Waals surface area contributed by atoms with Gasteiger partial charge in [0.05, 0.1) is 5.69 Å². The molecular formula is C9H10ClF2N. The molecule has 1 nitrogen and oxygen atoms in total. The number of hydrogen-bond donors (Lipinski definition) is 1. The summed E-state index contributed by atoms with van der Waals surface area (Å²) in [5.74, 6) is -0.867. The van der Waals surface area contributed by atoms with Crippen LogP contribution in [0.5, 0.6) is 0 Å². The minimum absolute atomic E-state index is 0. The molecule has 0 amide bonds. The maximum Gasteiger partial charge on any atom is 0.149 e. The van der Waals surface area contributed by atoms with Crippen LogP contribution in [0.4, 0.5) is 14.5 Å². The molecule has 2 rings (SSSR count). The molecule has 1 aromatic carbocycles. The van der Waals surface area contributed by atoms with E-state index in [1.807, 2.05) is 0 Å². The standard InChI is InChI=1S/C9H9F2N.ClH/c10-7-4-8(11)9(12)3-6(7)5-1-2-5;/h3-5H,1-2,12H2;1H. The molecule has 1 aromatic rings. The minimum Gasteiger partial charge on any atom is -0.396 e. The summed E-state index contributed by atoms with van der Waals surface area (Å²) in [7, 11) is 0. The van der Waals surface area contributed by atoms with E-state index in [1.165, 1.54) is 6.07 Å². The molecule has 1 aliphatic carbocycles. The first kappa shape index (κ1) is 10.3. The number of hydrogen-bond acceptors (Lipinski definition) is 1. The molecule has 1 fully saturated rings. The zero-order chi connectivity index (χ0) is 8.72. The van der Waals surface area contributed by atoms with Crippen molar-refractivity contribution in [2.45, 2.75) is 18.8 Å². The second-order valence-electron chi connectivity index (χ2n) is 3.17. The molecule has 0 heterocycles. The Morgan fingerprint density at radius 1 is 1.15 bits per heavy atom. The smallest absolute Gasteiger partial charge is 0.149 e. The molecule has 0 radical (unpaired) electrons. The summed E-state index contributed by atoms with van der Waals surface area (Å²) in [6.45, 7) is 0. The van der Waals surface area contributed by atoms with E-state index in [9.17, 15) is 8.78 Å². The van der Waals surface area contributed by atoms with Crippen molar-refractivity contribution < 1.29 is 8.78 Å². The predicted octanol–water partition coefficient (Wildman–Crippen LogP) is 2.85. The highest BCUT2D eigenvalue weighted by molar-refractivity contribution is 5.85. The molecule has 0 saturated heterocycles. The lowest BCUT2D eigenvalue weighted by Crippen LogP contribution is -1.96. The largest absolute Gasteiger partial charge is 0.396 e. The molecular weight excluding hydrogens is 196 g/mol. The molecule has 0 spiro atoms. The van der Waals surface area contributed by atoms with Crippen LogP contribution in [-0.2, 0) is 0 Å². The lowest BCUT2D eigenvalue weighted by Gasteiger charge is -2.02. The molecule has 72 valence electrons. The van der Waals surface area contributed by atoms with E-state index >= 15 is 0 Å². The normalized spacial score (nSPS) is 15.2. The molecule has 4 heteroatoms. The van der Waals surface area contributed by atoms with Crippen LogP contribution in [0.2, 0.25) is 0 Å². The number of nitrogens with two attached hydrogens (primary N) is 1. The Morgan fingerprint density at radius 2 is 1.77 bits per heavy atom. The zero-order valence-corrected chi connectivity index (χ0v) is 7.70. The van der Waals surface area contributed by atoms with Gasteiger partial charge in [-0.05, 0) is 30.4 Å². The lowest BCUT2D eigenvalue weighted by molar-refractivity contribution is 0.575. The Labute approximate surface area is 81.3 Å². The van der Waals surface area contributed by atoms with Crippen LogP contribution in [0, 0.1) is 11.6 Å². The van der Waals surface area contributed by atoms with Crippen LogP contribution in [0.1, 0.15) is 24.3 Å². The summed E-state index contributed by atoms with van der Waals surface area (Å²) < 4.78 is 25.7. The second kappa shape index (κ2) is 3.50. The summed E-state index contributed by atoms with van der Waals surface area (Å²) in [5.41, 5.74) is 5.92. The predicted molar refractivity (Wildman–Crippen MR) is 50.0 cm³/mol. The molecule has 0 aromatic heterocycles. The SMILES string of the molecule is Cl.Nc1cc(C2CC2)c(F)cc1F. The topological polar surface area (TPSA) is 26.0 Å². The Kier molecular flexibility index (Phi) is 2.76. The van der Waals surface area contributed by atoms with E-state index < -0.39 is 11.6 Å². The maximum atomic E-state index is 13.0. The van der Waals surface area contributed by atoms with Gasteiger partial charge in [-0.3, -0.25) is 0 Å². The van der Waals surface area contributed by atoms with E-state index in [0.717, 1.165) is 18.9 Å². The average Bonchev–Trinajstić information content (AvgIpc) is 2.79. The quantitative estimate of drug-likeness (QED) is 0.701. The Morgan fingerprint density at radius 3 is 2.31 bits per heavy atom. The van der Waals surface area contributed by atoms with Crippen LogP contribution in [0.15, 0.2) is 12.1 Å². The lowest BCUT2D eigenvalue weighted by atomic mass is 10.1. The molecule has 0 aliphatic heterocycles. The van der Waals surface area contributed by atoms with E-state index in [1.54, 1.807) is 0 Å². The van der Waals surface area contributed by atoms with Crippen molar-refractivity contribution in [3.8, 4) is 0 Å². The van der Waals surface area contributed by atoms with Gasteiger partial charge in [-0.2, -0.15) is 0 Å². The number of halogens is 3. The van der Waals surface area contributed by atoms with Gasteiger partial charge in [-0.25, -0.2) is 8.78 Å². The first-order valence-corrected chi connectivity index (χ1v) is 3.93. The molecule has 13 heavy (non-hydrogen) atoms. The van der Waals surface area contributed by atoms with Crippen LogP contribution in [0.3, 0.4) is 0 Å². The van der Waals surface area contributed by atoms with Gasteiger partial charge < -0.3 is 5.73 Å². The molecule has 1 saturated carbocycles. The van der Waals surface area contributed by atoms with Crippen molar-refractivity contribution in [3.05, 3.63) is 29.3 Å². The van der Waals surface area contributed by atoms with Gasteiger partial charge in [0.25, 0.3) is 0 Å². The monoisotopic (exact) mass is 205 g/mol. The fourth-order valence-electron chi connectivity index (χ4n) is 1.29. The van der Waals surface area contributed by atoms with Crippen molar-refractivity contribution in [2.75, 3.05) is 5.73 Å². The van der Waals surface area contributed by atoms with E-state index in [4.69, 9.17) is 5.73 Å². The highest BCUT2D eigenvalue weighted by Crippen LogP contribution is 2.42. The van der Waals surface area contributed by atoms with Gasteiger partial charge in [-0.1, -0.05) is 0 Å². The number of benzene rings is 1. The van der Waals surface area contributed by atoms with Crippen LogP contribution in [0.25, 0.3) is 0 Å². The highest BCUT2D eigenvalue weighted by Gasteiger charge is 2.27. The first-order chi connectivity index (χ1) is 5.68. The summed E-state index contributed by atoms with van der Waals surface area (Å²) in [6.07, 6.45) is 1.98.